The normalized spacial score (nSPS) is 10.4. The first-order valence-electron chi connectivity index (χ1n) is 7.65. The maximum atomic E-state index is 5.23. The van der Waals surface area contributed by atoms with E-state index in [0.717, 1.165) is 33.4 Å². The molecule has 0 aliphatic rings. The van der Waals surface area contributed by atoms with Gasteiger partial charge in [-0.2, -0.15) is 0 Å². The molecule has 0 aliphatic carbocycles. The molecule has 2 aromatic carbocycles. The van der Waals surface area contributed by atoms with Gasteiger partial charge in [-0.1, -0.05) is 30.3 Å². The smallest absolute Gasteiger partial charge is 0.118 e. The van der Waals surface area contributed by atoms with Gasteiger partial charge in [0.2, 0.25) is 0 Å². The molecule has 0 fully saturated rings. The maximum absolute atomic E-state index is 5.23. The van der Waals surface area contributed by atoms with Crippen LogP contribution in [0.1, 0.15) is 5.56 Å². The Hall–Kier alpha value is -2.46. The third-order valence-corrected chi connectivity index (χ3v) is 4.78. The van der Waals surface area contributed by atoms with Gasteiger partial charge in [-0.05, 0) is 41.5 Å². The third kappa shape index (κ3) is 3.89. The highest BCUT2D eigenvalue weighted by Gasteiger charge is 2.07. The number of nitrogens with zero attached hydrogens (tertiary/aromatic N) is 1. The minimum atomic E-state index is 0.857. The molecule has 3 aromatic rings. The lowest BCUT2D eigenvalue weighted by molar-refractivity contribution is 0.414. The van der Waals surface area contributed by atoms with E-state index in [1.165, 1.54) is 5.56 Å². The van der Waals surface area contributed by atoms with Gasteiger partial charge in [0.25, 0.3) is 0 Å². The Bertz CT molecular complexity index is 785. The summed E-state index contributed by atoms with van der Waals surface area (Å²) in [5.41, 5.74) is 3.52. The van der Waals surface area contributed by atoms with Crippen molar-refractivity contribution in [2.24, 2.45) is 0 Å². The Kier molecular flexibility index (Phi) is 5.39. The fourth-order valence-electron chi connectivity index (χ4n) is 2.37. The van der Waals surface area contributed by atoms with Crippen molar-refractivity contribution in [3.05, 3.63) is 72.4 Å². The summed E-state index contributed by atoms with van der Waals surface area (Å²) in [4.78, 5) is 4.55. The van der Waals surface area contributed by atoms with Crippen LogP contribution in [-0.2, 0) is 5.75 Å². The first kappa shape index (κ1) is 16.4. The molecular weight excluding hydrogens is 318 g/mol. The fraction of sp³-hybridized carbons (Fsp3) is 0.150. The third-order valence-electron chi connectivity index (χ3n) is 3.71. The van der Waals surface area contributed by atoms with Crippen LogP contribution in [0.5, 0.6) is 11.5 Å². The summed E-state index contributed by atoms with van der Waals surface area (Å²) in [5.74, 6) is 2.60. The highest BCUT2D eigenvalue weighted by molar-refractivity contribution is 7.98. The zero-order valence-electron chi connectivity index (χ0n) is 13.7. The van der Waals surface area contributed by atoms with E-state index in [1.807, 2.05) is 36.5 Å². The molecule has 0 radical (unpaired) electrons. The number of hydrogen-bond acceptors (Lipinski definition) is 4. The molecule has 0 amide bonds. The van der Waals surface area contributed by atoms with Crippen LogP contribution in [0, 0.1) is 0 Å². The van der Waals surface area contributed by atoms with E-state index < -0.39 is 0 Å². The van der Waals surface area contributed by atoms with Crippen LogP contribution in [0.2, 0.25) is 0 Å². The second-order valence-electron chi connectivity index (χ2n) is 5.22. The van der Waals surface area contributed by atoms with Crippen molar-refractivity contribution < 1.29 is 9.47 Å². The average Bonchev–Trinajstić information content (AvgIpc) is 2.67. The van der Waals surface area contributed by atoms with Gasteiger partial charge in [0.1, 0.15) is 16.5 Å². The Labute approximate surface area is 146 Å². The van der Waals surface area contributed by atoms with Gasteiger partial charge in [0.05, 0.1) is 14.2 Å². The van der Waals surface area contributed by atoms with Crippen molar-refractivity contribution >= 4 is 11.8 Å². The lowest BCUT2D eigenvalue weighted by Gasteiger charge is -2.09. The number of rotatable bonds is 6. The molecule has 0 spiro atoms. The quantitative estimate of drug-likeness (QED) is 0.589. The van der Waals surface area contributed by atoms with Crippen molar-refractivity contribution in [3.8, 4) is 22.6 Å². The highest BCUT2D eigenvalue weighted by Crippen LogP contribution is 2.32. The van der Waals surface area contributed by atoms with Gasteiger partial charge in [-0.25, -0.2) is 4.98 Å². The zero-order valence-corrected chi connectivity index (χ0v) is 14.5. The number of aromatic nitrogens is 1. The molecule has 0 aliphatic heterocycles. The molecule has 0 atom stereocenters. The standard InChI is InChI=1S/C20H19NO2S/c1-22-17-9-5-15(6-10-17)14-24-20-19(4-3-13-21-20)16-7-11-18(23-2)12-8-16/h3-13H,14H2,1-2H3. The monoisotopic (exact) mass is 337 g/mol. The Morgan fingerprint density at radius 3 is 2.08 bits per heavy atom. The molecule has 0 unspecified atom stereocenters. The highest BCUT2D eigenvalue weighted by atomic mass is 32.2. The van der Waals surface area contributed by atoms with E-state index in [4.69, 9.17) is 9.47 Å². The number of ether oxygens (including phenoxy) is 2. The van der Waals surface area contributed by atoms with Crippen molar-refractivity contribution in [2.45, 2.75) is 10.8 Å². The van der Waals surface area contributed by atoms with Gasteiger partial charge >= 0.3 is 0 Å². The van der Waals surface area contributed by atoms with Crippen LogP contribution < -0.4 is 9.47 Å². The zero-order chi connectivity index (χ0) is 16.8. The first-order valence-corrected chi connectivity index (χ1v) is 8.64. The molecule has 3 rings (SSSR count). The minimum Gasteiger partial charge on any atom is -0.497 e. The van der Waals surface area contributed by atoms with Crippen LogP contribution in [0.3, 0.4) is 0 Å². The van der Waals surface area contributed by atoms with Gasteiger partial charge < -0.3 is 9.47 Å². The first-order chi connectivity index (χ1) is 11.8. The Balaban J connectivity index is 1.78. The number of pyridine rings is 1. The maximum Gasteiger partial charge on any atom is 0.118 e. The van der Waals surface area contributed by atoms with Crippen molar-refractivity contribution in [1.29, 1.82) is 0 Å². The SMILES string of the molecule is COc1ccc(CSc2ncccc2-c2ccc(OC)cc2)cc1. The average molecular weight is 337 g/mol. The van der Waals surface area contributed by atoms with Gasteiger partial charge in [0.15, 0.2) is 0 Å². The summed E-state index contributed by atoms with van der Waals surface area (Å²) < 4.78 is 10.4. The molecule has 0 saturated carbocycles. The predicted molar refractivity (Wildman–Crippen MR) is 98.8 cm³/mol. The fourth-order valence-corrected chi connectivity index (χ4v) is 3.34. The van der Waals surface area contributed by atoms with Crippen molar-refractivity contribution in [3.63, 3.8) is 0 Å². The molecule has 122 valence electrons. The Morgan fingerprint density at radius 1 is 0.833 bits per heavy atom. The summed E-state index contributed by atoms with van der Waals surface area (Å²) in [7, 11) is 3.36. The van der Waals surface area contributed by atoms with Crippen molar-refractivity contribution in [1.82, 2.24) is 4.98 Å². The van der Waals surface area contributed by atoms with Gasteiger partial charge in [-0.15, -0.1) is 11.8 Å². The lowest BCUT2D eigenvalue weighted by atomic mass is 10.1. The van der Waals surface area contributed by atoms with Crippen molar-refractivity contribution in [2.75, 3.05) is 14.2 Å². The topological polar surface area (TPSA) is 31.4 Å². The molecular formula is C20H19NO2S. The molecule has 0 N–H and O–H groups in total. The number of benzene rings is 2. The summed E-state index contributed by atoms with van der Waals surface area (Å²) in [6.07, 6.45) is 1.84. The second-order valence-corrected chi connectivity index (χ2v) is 6.19. The van der Waals surface area contributed by atoms with Gasteiger partial charge in [-0.3, -0.25) is 0 Å². The number of hydrogen-bond donors (Lipinski definition) is 0. The molecule has 3 nitrogen and oxygen atoms in total. The van der Waals surface area contributed by atoms with Crippen LogP contribution in [0.4, 0.5) is 0 Å². The van der Waals surface area contributed by atoms with E-state index in [2.05, 4.69) is 35.3 Å². The molecule has 0 saturated heterocycles. The molecule has 0 bridgehead atoms. The van der Waals surface area contributed by atoms with E-state index in [0.29, 0.717) is 0 Å². The lowest BCUT2D eigenvalue weighted by Crippen LogP contribution is -1.89. The second kappa shape index (κ2) is 7.88. The molecule has 1 aromatic heterocycles. The van der Waals surface area contributed by atoms with E-state index in [1.54, 1.807) is 26.0 Å². The number of methoxy groups -OCH3 is 2. The van der Waals surface area contributed by atoms with E-state index in [-0.39, 0.29) is 0 Å². The summed E-state index contributed by atoms with van der Waals surface area (Å²) >= 11 is 1.74. The number of thioether (sulfide) groups is 1. The summed E-state index contributed by atoms with van der Waals surface area (Å²) in [6.45, 7) is 0. The molecule has 1 heterocycles. The van der Waals surface area contributed by atoms with E-state index >= 15 is 0 Å². The summed E-state index contributed by atoms with van der Waals surface area (Å²) in [5, 5.41) is 1.03. The van der Waals surface area contributed by atoms with Crippen LogP contribution in [0.25, 0.3) is 11.1 Å². The molecule has 4 heteroatoms. The molecule has 24 heavy (non-hydrogen) atoms. The summed E-state index contributed by atoms with van der Waals surface area (Å²) in [6, 6.07) is 20.3. The Morgan fingerprint density at radius 2 is 1.46 bits per heavy atom. The van der Waals surface area contributed by atoms with Gasteiger partial charge in [0, 0.05) is 17.5 Å². The largest absolute Gasteiger partial charge is 0.497 e. The van der Waals surface area contributed by atoms with Crippen LogP contribution in [0.15, 0.2) is 71.9 Å². The minimum absolute atomic E-state index is 0.857. The van der Waals surface area contributed by atoms with Crippen LogP contribution >= 0.6 is 11.8 Å². The predicted octanol–water partition coefficient (Wildman–Crippen LogP) is 5.06. The van der Waals surface area contributed by atoms with E-state index in [9.17, 15) is 0 Å². The van der Waals surface area contributed by atoms with Crippen LogP contribution in [-0.4, -0.2) is 19.2 Å².